The van der Waals surface area contributed by atoms with E-state index in [1.807, 2.05) is 35.4 Å². The number of carbonyl (C=O) groups is 1. The van der Waals surface area contributed by atoms with Crippen LogP contribution in [0, 0.1) is 11.7 Å². The number of halogens is 1. The molecule has 1 fully saturated rings. The second kappa shape index (κ2) is 10.7. The molecule has 0 aliphatic carbocycles. The third-order valence-electron chi connectivity index (χ3n) is 6.25. The zero-order chi connectivity index (χ0) is 24.0. The summed E-state index contributed by atoms with van der Waals surface area (Å²) in [5, 5.41) is 2.28. The van der Waals surface area contributed by atoms with Gasteiger partial charge in [0.15, 0.2) is 0 Å². The normalized spacial score (nSPS) is 16.1. The Kier molecular flexibility index (Phi) is 7.00. The number of amides is 1. The number of rotatable bonds is 6. The summed E-state index contributed by atoms with van der Waals surface area (Å²) >= 11 is 0. The molecule has 1 aliphatic heterocycles. The first-order chi connectivity index (χ1) is 17.1. The summed E-state index contributed by atoms with van der Waals surface area (Å²) in [6.07, 6.45) is 4.51. The van der Waals surface area contributed by atoms with Gasteiger partial charge in [-0.15, -0.1) is 0 Å². The van der Waals surface area contributed by atoms with Gasteiger partial charge in [0.2, 0.25) is 0 Å². The molecule has 1 amide bonds. The van der Waals surface area contributed by atoms with Gasteiger partial charge in [-0.25, -0.2) is 4.39 Å². The zero-order valence-corrected chi connectivity index (χ0v) is 19.4. The Morgan fingerprint density at radius 3 is 2.77 bits per heavy atom. The summed E-state index contributed by atoms with van der Waals surface area (Å²) < 4.78 is 24.8. The fraction of sp³-hybridized carbons (Fsp3) is 0.241. The molecule has 4 aromatic rings. The van der Waals surface area contributed by atoms with E-state index in [4.69, 9.17) is 9.47 Å². The quantitative estimate of drug-likeness (QED) is 0.385. The molecular formula is C29H27FN2O3. The van der Waals surface area contributed by atoms with E-state index in [1.165, 1.54) is 23.1 Å². The minimum absolute atomic E-state index is 0.0320. The van der Waals surface area contributed by atoms with Gasteiger partial charge in [0.05, 0.1) is 13.2 Å². The van der Waals surface area contributed by atoms with Crippen molar-refractivity contribution >= 4 is 16.7 Å². The molecule has 0 unspecified atom stereocenters. The molecule has 0 spiro atoms. The standard InChI is InChI=1S/C29H27FN2O3/c30-27-8-5-21(6-9-27)20-35-28-3-1-2-25(16-28)29(33)32-12-13-34-19-23(18-32)14-22-4-7-24-10-11-31-17-26(24)15-22/h1-11,15-17,23H,12-14,18-20H2/t23-/m1/s1. The Balaban J connectivity index is 1.24. The fourth-order valence-corrected chi connectivity index (χ4v) is 4.43. The van der Waals surface area contributed by atoms with Crippen molar-refractivity contribution in [1.82, 2.24) is 9.88 Å². The van der Waals surface area contributed by atoms with E-state index < -0.39 is 0 Å². The van der Waals surface area contributed by atoms with Gasteiger partial charge in [0, 0.05) is 42.4 Å². The van der Waals surface area contributed by atoms with Gasteiger partial charge in [-0.05, 0) is 65.4 Å². The van der Waals surface area contributed by atoms with Gasteiger partial charge in [-0.1, -0.05) is 30.3 Å². The second-order valence-corrected chi connectivity index (χ2v) is 8.90. The van der Waals surface area contributed by atoms with Crippen molar-refractivity contribution in [2.24, 2.45) is 5.92 Å². The maximum absolute atomic E-state index is 13.4. The monoisotopic (exact) mass is 470 g/mol. The lowest BCUT2D eigenvalue weighted by Gasteiger charge is -2.24. The molecule has 1 aliphatic rings. The molecule has 5 rings (SSSR count). The number of fused-ring (bicyclic) bond motifs is 1. The summed E-state index contributed by atoms with van der Waals surface area (Å²) in [5.74, 6) is 0.496. The van der Waals surface area contributed by atoms with Crippen molar-refractivity contribution in [3.8, 4) is 5.75 Å². The van der Waals surface area contributed by atoms with Crippen LogP contribution in [0.15, 0.2) is 85.2 Å². The Bertz CT molecular complexity index is 1310. The third kappa shape index (κ3) is 5.84. The molecule has 1 atom stereocenters. The van der Waals surface area contributed by atoms with Crippen molar-refractivity contribution in [2.45, 2.75) is 13.0 Å². The summed E-state index contributed by atoms with van der Waals surface area (Å²) in [7, 11) is 0. The lowest BCUT2D eigenvalue weighted by molar-refractivity contribution is 0.0737. The number of hydrogen-bond donors (Lipinski definition) is 0. The fourth-order valence-electron chi connectivity index (χ4n) is 4.43. The third-order valence-corrected chi connectivity index (χ3v) is 6.25. The summed E-state index contributed by atoms with van der Waals surface area (Å²) in [5.41, 5.74) is 2.66. The number of nitrogens with zero attached hydrogens (tertiary/aromatic N) is 2. The van der Waals surface area contributed by atoms with Gasteiger partial charge in [-0.2, -0.15) is 0 Å². The second-order valence-electron chi connectivity index (χ2n) is 8.90. The van der Waals surface area contributed by atoms with E-state index in [0.29, 0.717) is 44.2 Å². The highest BCUT2D eigenvalue weighted by atomic mass is 19.1. The zero-order valence-electron chi connectivity index (χ0n) is 19.4. The first-order valence-corrected chi connectivity index (χ1v) is 11.8. The largest absolute Gasteiger partial charge is 0.489 e. The Morgan fingerprint density at radius 2 is 1.89 bits per heavy atom. The maximum Gasteiger partial charge on any atom is 0.254 e. The molecule has 0 radical (unpaired) electrons. The topological polar surface area (TPSA) is 51.7 Å². The first kappa shape index (κ1) is 23.0. The molecule has 178 valence electrons. The Hall–Kier alpha value is -3.77. The molecule has 6 heteroatoms. The Labute approximate surface area is 204 Å². The lowest BCUT2D eigenvalue weighted by atomic mass is 9.97. The van der Waals surface area contributed by atoms with Crippen molar-refractivity contribution in [2.75, 3.05) is 26.3 Å². The predicted molar refractivity (Wildman–Crippen MR) is 133 cm³/mol. The lowest BCUT2D eigenvalue weighted by Crippen LogP contribution is -2.36. The van der Waals surface area contributed by atoms with Crippen LogP contribution >= 0.6 is 0 Å². The van der Waals surface area contributed by atoms with Crippen LogP contribution in [-0.2, 0) is 17.8 Å². The van der Waals surface area contributed by atoms with Crippen LogP contribution in [0.4, 0.5) is 4.39 Å². The van der Waals surface area contributed by atoms with Crippen LogP contribution in [0.1, 0.15) is 21.5 Å². The average Bonchev–Trinajstić information content (AvgIpc) is 3.13. The number of ether oxygens (including phenoxy) is 2. The maximum atomic E-state index is 13.4. The molecule has 0 saturated carbocycles. The Morgan fingerprint density at radius 1 is 1.03 bits per heavy atom. The molecule has 0 bridgehead atoms. The van der Waals surface area contributed by atoms with Gasteiger partial charge in [0.1, 0.15) is 18.2 Å². The van der Waals surface area contributed by atoms with Crippen molar-refractivity contribution < 1.29 is 18.7 Å². The SMILES string of the molecule is O=C(c1cccc(OCc2ccc(F)cc2)c1)N1CCOC[C@H](Cc2ccc3ccncc3c2)C1. The molecular weight excluding hydrogens is 443 g/mol. The number of benzene rings is 3. The number of aromatic nitrogens is 1. The van der Waals surface area contributed by atoms with Crippen LogP contribution in [0.3, 0.4) is 0 Å². The molecule has 1 aromatic heterocycles. The van der Waals surface area contributed by atoms with Gasteiger partial charge >= 0.3 is 0 Å². The smallest absolute Gasteiger partial charge is 0.254 e. The summed E-state index contributed by atoms with van der Waals surface area (Å²) in [6, 6.07) is 21.8. The predicted octanol–water partition coefficient (Wildman–Crippen LogP) is 5.28. The van der Waals surface area contributed by atoms with Gasteiger partial charge < -0.3 is 14.4 Å². The minimum atomic E-state index is -0.279. The highest BCUT2D eigenvalue weighted by molar-refractivity contribution is 5.94. The molecule has 5 nitrogen and oxygen atoms in total. The molecule has 1 saturated heterocycles. The van der Waals surface area contributed by atoms with E-state index in [2.05, 4.69) is 23.2 Å². The van der Waals surface area contributed by atoms with Crippen LogP contribution in [0.5, 0.6) is 5.75 Å². The highest BCUT2D eigenvalue weighted by Gasteiger charge is 2.24. The number of pyridine rings is 1. The van der Waals surface area contributed by atoms with Crippen LogP contribution in [0.25, 0.3) is 10.8 Å². The van der Waals surface area contributed by atoms with Gasteiger partial charge in [-0.3, -0.25) is 9.78 Å². The summed E-state index contributed by atoms with van der Waals surface area (Å²) in [4.78, 5) is 19.5. The van der Waals surface area contributed by atoms with Crippen LogP contribution in [-0.4, -0.2) is 42.1 Å². The van der Waals surface area contributed by atoms with Crippen molar-refractivity contribution in [1.29, 1.82) is 0 Å². The van der Waals surface area contributed by atoms with Gasteiger partial charge in [0.25, 0.3) is 5.91 Å². The molecule has 2 heterocycles. The molecule has 35 heavy (non-hydrogen) atoms. The summed E-state index contributed by atoms with van der Waals surface area (Å²) in [6.45, 7) is 2.63. The van der Waals surface area contributed by atoms with Crippen molar-refractivity contribution in [3.05, 3.63) is 108 Å². The van der Waals surface area contributed by atoms with E-state index in [0.717, 1.165) is 17.4 Å². The minimum Gasteiger partial charge on any atom is -0.489 e. The van der Waals surface area contributed by atoms with E-state index in [1.54, 1.807) is 24.4 Å². The van der Waals surface area contributed by atoms with E-state index in [9.17, 15) is 9.18 Å². The van der Waals surface area contributed by atoms with Crippen LogP contribution < -0.4 is 4.74 Å². The van der Waals surface area contributed by atoms with E-state index in [-0.39, 0.29) is 17.6 Å². The molecule has 3 aromatic carbocycles. The number of hydrogen-bond acceptors (Lipinski definition) is 4. The van der Waals surface area contributed by atoms with E-state index >= 15 is 0 Å². The molecule has 0 N–H and O–H groups in total. The van der Waals surface area contributed by atoms with Crippen molar-refractivity contribution in [3.63, 3.8) is 0 Å². The number of carbonyl (C=O) groups excluding carboxylic acids is 1. The average molecular weight is 471 g/mol. The van der Waals surface area contributed by atoms with Crippen LogP contribution in [0.2, 0.25) is 0 Å². The first-order valence-electron chi connectivity index (χ1n) is 11.8. The highest BCUT2D eigenvalue weighted by Crippen LogP contribution is 2.21.